The van der Waals surface area contributed by atoms with E-state index in [9.17, 15) is 14.3 Å². The van der Waals surface area contributed by atoms with E-state index >= 15 is 0 Å². The molecule has 0 spiro atoms. The van der Waals surface area contributed by atoms with Crippen LogP contribution in [0.5, 0.6) is 5.75 Å². The van der Waals surface area contributed by atoms with Crippen molar-refractivity contribution >= 4 is 39.2 Å². The number of aromatic nitrogens is 3. The van der Waals surface area contributed by atoms with Crippen LogP contribution in [0.4, 0.5) is 4.39 Å². The molecule has 218 valence electrons. The third-order valence-electron chi connectivity index (χ3n) is 7.82. The number of hydrogen-bond acceptors (Lipinski definition) is 6. The van der Waals surface area contributed by atoms with Gasteiger partial charge in [0.05, 0.1) is 51.5 Å². The van der Waals surface area contributed by atoms with E-state index < -0.39 is 5.97 Å². The minimum absolute atomic E-state index is 0.261. The summed E-state index contributed by atoms with van der Waals surface area (Å²) in [6.07, 6.45) is 0.584. The molecule has 1 aliphatic heterocycles. The van der Waals surface area contributed by atoms with Gasteiger partial charge in [0, 0.05) is 39.0 Å². The van der Waals surface area contributed by atoms with Crippen LogP contribution in [0.3, 0.4) is 0 Å². The predicted molar refractivity (Wildman–Crippen MR) is 159 cm³/mol. The maximum Gasteiger partial charge on any atom is 0.354 e. The summed E-state index contributed by atoms with van der Waals surface area (Å²) >= 11 is 6.85. The Kier molecular flexibility index (Phi) is 7.66. The molecular weight excluding hydrogens is 561 g/mol. The summed E-state index contributed by atoms with van der Waals surface area (Å²) in [7, 11) is 1.36. The van der Waals surface area contributed by atoms with Crippen molar-refractivity contribution in [1.82, 2.24) is 14.3 Å². The van der Waals surface area contributed by atoms with E-state index in [1.165, 1.54) is 19.2 Å². The summed E-state index contributed by atoms with van der Waals surface area (Å²) in [6, 6.07) is 12.2. The molecule has 1 aliphatic rings. The number of aryl methyl sites for hydroxylation is 3. The number of rotatable bonds is 8. The number of hydrogen-bond donors (Lipinski definition) is 1. The van der Waals surface area contributed by atoms with Crippen molar-refractivity contribution in [2.24, 2.45) is 0 Å². The summed E-state index contributed by atoms with van der Waals surface area (Å²) in [5.41, 5.74) is 5.72. The van der Waals surface area contributed by atoms with Crippen LogP contribution in [-0.2, 0) is 35.8 Å². The molecule has 0 amide bonds. The Morgan fingerprint density at radius 3 is 2.79 bits per heavy atom. The molecule has 0 unspecified atom stereocenters. The fraction of sp³-hybridized carbons (Fsp3) is 0.312. The van der Waals surface area contributed by atoms with E-state index in [4.69, 9.17) is 25.8 Å². The van der Waals surface area contributed by atoms with Crippen LogP contribution in [0.25, 0.3) is 32.8 Å². The van der Waals surface area contributed by atoms with Crippen LogP contribution in [0, 0.1) is 19.7 Å². The Labute approximate surface area is 247 Å². The van der Waals surface area contributed by atoms with Gasteiger partial charge in [0.25, 0.3) is 0 Å². The Morgan fingerprint density at radius 2 is 2.00 bits per heavy atom. The lowest BCUT2D eigenvalue weighted by molar-refractivity contribution is 0.0587. The average Bonchev–Trinajstić information content (AvgIpc) is 3.49. The minimum Gasteiger partial charge on any atom is -0.493 e. The van der Waals surface area contributed by atoms with Crippen molar-refractivity contribution < 1.29 is 28.5 Å². The van der Waals surface area contributed by atoms with Gasteiger partial charge in [-0.3, -0.25) is 4.68 Å². The lowest BCUT2D eigenvalue weighted by Crippen LogP contribution is -2.17. The van der Waals surface area contributed by atoms with Crippen molar-refractivity contribution in [3.8, 4) is 16.9 Å². The molecule has 10 heteroatoms. The average molecular weight is 592 g/mol. The van der Waals surface area contributed by atoms with E-state index in [-0.39, 0.29) is 12.4 Å². The van der Waals surface area contributed by atoms with E-state index in [0.29, 0.717) is 67.1 Å². The smallest absolute Gasteiger partial charge is 0.354 e. The molecular formula is C32H31ClFN3O5. The molecule has 0 saturated carbocycles. The third-order valence-corrected chi connectivity index (χ3v) is 8.14. The summed E-state index contributed by atoms with van der Waals surface area (Å²) < 4.78 is 34.7. The van der Waals surface area contributed by atoms with Crippen molar-refractivity contribution in [2.45, 2.75) is 46.6 Å². The number of esters is 1. The molecule has 0 saturated heterocycles. The van der Waals surface area contributed by atoms with Crippen LogP contribution in [0.1, 0.15) is 39.4 Å². The first kappa shape index (κ1) is 28.2. The Balaban J connectivity index is 1.39. The first-order valence-electron chi connectivity index (χ1n) is 13.8. The first-order chi connectivity index (χ1) is 20.3. The number of aliphatic hydroxyl groups excluding tert-OH is 1. The van der Waals surface area contributed by atoms with Gasteiger partial charge < -0.3 is 23.9 Å². The molecule has 3 aromatic carbocycles. The molecule has 0 radical (unpaired) electrons. The molecule has 6 rings (SSSR count). The highest BCUT2D eigenvalue weighted by molar-refractivity contribution is 6.35. The molecule has 8 nitrogen and oxygen atoms in total. The fourth-order valence-corrected chi connectivity index (χ4v) is 6.28. The lowest BCUT2D eigenvalue weighted by atomic mass is 9.96. The first-order valence-corrected chi connectivity index (χ1v) is 14.2. The van der Waals surface area contributed by atoms with Crippen LogP contribution >= 0.6 is 11.6 Å². The van der Waals surface area contributed by atoms with Crippen LogP contribution in [-0.4, -0.2) is 45.7 Å². The highest BCUT2D eigenvalue weighted by Crippen LogP contribution is 2.43. The molecule has 0 aliphatic carbocycles. The molecule has 3 heterocycles. The fourth-order valence-electron chi connectivity index (χ4n) is 6.02. The van der Waals surface area contributed by atoms with Crippen molar-refractivity contribution in [3.05, 3.63) is 81.5 Å². The standard InChI is InChI=1S/C32H31ClFN3O5/c1-18-13-20-15-21(34)5-6-22(20)27(14-18)42-11-4-9-36-25-8-7-23(33)29(28(25)19(2)31(36)32(39)40-3)30-24(16-38)35-37-10-12-41-17-26(30)37/h5-8,13-15,38H,4,9-12,16-17H2,1-3H3. The maximum atomic E-state index is 13.8. The van der Waals surface area contributed by atoms with Gasteiger partial charge in [0.15, 0.2) is 0 Å². The van der Waals surface area contributed by atoms with Gasteiger partial charge in [-0.15, -0.1) is 0 Å². The number of ether oxygens (including phenoxy) is 3. The summed E-state index contributed by atoms with van der Waals surface area (Å²) in [5, 5.41) is 17.7. The molecule has 0 atom stereocenters. The molecule has 5 aromatic rings. The van der Waals surface area contributed by atoms with Gasteiger partial charge in [-0.25, -0.2) is 9.18 Å². The topological polar surface area (TPSA) is 87.7 Å². The SMILES string of the molecule is COC(=O)c1c(C)c2c(-c3c(CO)nn4c3COCC4)c(Cl)ccc2n1CCCOc1cc(C)cc2cc(F)ccc12. The van der Waals surface area contributed by atoms with Gasteiger partial charge in [0.1, 0.15) is 17.3 Å². The number of fused-ring (bicyclic) bond motifs is 3. The zero-order chi connectivity index (χ0) is 29.5. The van der Waals surface area contributed by atoms with Crippen LogP contribution in [0.2, 0.25) is 5.02 Å². The number of carbonyl (C=O) groups excluding carboxylic acids is 1. The van der Waals surface area contributed by atoms with E-state index in [0.717, 1.165) is 44.1 Å². The normalized spacial score (nSPS) is 13.1. The Bertz CT molecular complexity index is 1840. The predicted octanol–water partition coefficient (Wildman–Crippen LogP) is 6.35. The van der Waals surface area contributed by atoms with Gasteiger partial charge in [-0.1, -0.05) is 17.7 Å². The van der Waals surface area contributed by atoms with E-state index in [1.54, 1.807) is 12.1 Å². The lowest BCUT2D eigenvalue weighted by Gasteiger charge is -2.17. The zero-order valence-electron chi connectivity index (χ0n) is 23.7. The van der Waals surface area contributed by atoms with Crippen LogP contribution < -0.4 is 4.74 Å². The molecule has 1 N–H and O–H groups in total. The molecule has 2 aromatic heterocycles. The van der Waals surface area contributed by atoms with E-state index in [2.05, 4.69) is 5.10 Å². The zero-order valence-corrected chi connectivity index (χ0v) is 24.4. The summed E-state index contributed by atoms with van der Waals surface area (Å²) in [6.45, 7) is 5.87. The largest absolute Gasteiger partial charge is 0.493 e. The van der Waals surface area contributed by atoms with Crippen molar-refractivity contribution in [3.63, 3.8) is 0 Å². The maximum absolute atomic E-state index is 13.8. The highest BCUT2D eigenvalue weighted by Gasteiger charge is 2.29. The number of aliphatic hydroxyl groups is 1. The number of methoxy groups -OCH3 is 1. The van der Waals surface area contributed by atoms with Crippen molar-refractivity contribution in [1.29, 1.82) is 0 Å². The second-order valence-corrected chi connectivity index (χ2v) is 10.9. The van der Waals surface area contributed by atoms with E-state index in [1.807, 2.05) is 41.3 Å². The minimum atomic E-state index is -0.457. The van der Waals surface area contributed by atoms with Gasteiger partial charge in [-0.05, 0) is 73.2 Å². The monoisotopic (exact) mass is 591 g/mol. The number of halogens is 2. The van der Waals surface area contributed by atoms with Crippen LogP contribution in [0.15, 0.2) is 42.5 Å². The highest BCUT2D eigenvalue weighted by atomic mass is 35.5. The second-order valence-electron chi connectivity index (χ2n) is 10.5. The third kappa shape index (κ3) is 4.81. The Hall–Kier alpha value is -3.92. The molecule has 0 fully saturated rings. The number of carbonyl (C=O) groups is 1. The summed E-state index contributed by atoms with van der Waals surface area (Å²) in [4.78, 5) is 13.1. The number of nitrogens with zero attached hydrogens (tertiary/aromatic N) is 3. The second kappa shape index (κ2) is 11.4. The quantitative estimate of drug-likeness (QED) is 0.167. The molecule has 42 heavy (non-hydrogen) atoms. The van der Waals surface area contributed by atoms with Crippen molar-refractivity contribution in [2.75, 3.05) is 20.3 Å². The number of benzene rings is 3. The van der Waals surface area contributed by atoms with Gasteiger partial charge in [0.2, 0.25) is 0 Å². The van der Waals surface area contributed by atoms with Gasteiger partial charge >= 0.3 is 5.97 Å². The van der Waals surface area contributed by atoms with Gasteiger partial charge in [-0.2, -0.15) is 5.10 Å². The Morgan fingerprint density at radius 1 is 1.17 bits per heavy atom. The summed E-state index contributed by atoms with van der Waals surface area (Å²) in [5.74, 6) is -0.0642. The molecule has 0 bridgehead atoms.